The van der Waals surface area contributed by atoms with E-state index in [4.69, 9.17) is 4.98 Å². The number of imidazole rings is 1. The van der Waals surface area contributed by atoms with Crippen molar-refractivity contribution in [2.75, 3.05) is 17.3 Å². The summed E-state index contributed by atoms with van der Waals surface area (Å²) in [7, 11) is -3.07. The summed E-state index contributed by atoms with van der Waals surface area (Å²) in [6, 6.07) is 11.8. The quantitative estimate of drug-likeness (QED) is 0.414. The molecule has 0 spiro atoms. The predicted molar refractivity (Wildman–Crippen MR) is 132 cm³/mol. The van der Waals surface area contributed by atoms with Crippen LogP contribution in [-0.4, -0.2) is 52.1 Å². The lowest BCUT2D eigenvalue weighted by Gasteiger charge is -2.28. The predicted octanol–water partition coefficient (Wildman–Crippen LogP) is 4.45. The van der Waals surface area contributed by atoms with E-state index in [2.05, 4.69) is 24.5 Å². The van der Waals surface area contributed by atoms with Crippen LogP contribution >= 0.6 is 23.1 Å². The molecule has 6 nitrogen and oxygen atoms in total. The molecule has 0 aliphatic carbocycles. The second-order valence-corrected chi connectivity index (χ2v) is 12.9. The molecule has 1 aliphatic heterocycles. The number of sulfone groups is 1. The average molecular weight is 492 g/mol. The Kier molecular flexibility index (Phi) is 7.27. The second kappa shape index (κ2) is 9.97. The van der Waals surface area contributed by atoms with Crippen molar-refractivity contribution in [2.45, 2.75) is 51.0 Å². The first-order valence-corrected chi connectivity index (χ1v) is 14.6. The maximum atomic E-state index is 13.3. The van der Waals surface area contributed by atoms with E-state index in [1.54, 1.807) is 16.2 Å². The fourth-order valence-corrected chi connectivity index (χ4v) is 7.35. The fourth-order valence-electron chi connectivity index (χ4n) is 3.99. The molecule has 0 N–H and O–H groups in total. The summed E-state index contributed by atoms with van der Waals surface area (Å²) in [5, 5.41) is 2.82. The number of amides is 1. The lowest BCUT2D eigenvalue weighted by molar-refractivity contribution is -0.130. The average Bonchev–Trinajstić information content (AvgIpc) is 3.47. The van der Waals surface area contributed by atoms with Crippen LogP contribution in [0.3, 0.4) is 0 Å². The third kappa shape index (κ3) is 5.55. The van der Waals surface area contributed by atoms with E-state index >= 15 is 0 Å². The van der Waals surface area contributed by atoms with Gasteiger partial charge in [0, 0.05) is 17.5 Å². The third-order valence-electron chi connectivity index (χ3n) is 5.75. The van der Waals surface area contributed by atoms with Crippen molar-refractivity contribution >= 4 is 49.9 Å². The highest BCUT2D eigenvalue weighted by atomic mass is 32.2. The van der Waals surface area contributed by atoms with E-state index in [1.165, 1.54) is 11.8 Å². The van der Waals surface area contributed by atoms with Crippen molar-refractivity contribution < 1.29 is 13.2 Å². The van der Waals surface area contributed by atoms with Crippen LogP contribution in [0.25, 0.3) is 11.0 Å². The van der Waals surface area contributed by atoms with Gasteiger partial charge in [-0.25, -0.2) is 13.4 Å². The number of benzene rings is 1. The van der Waals surface area contributed by atoms with Crippen LogP contribution < -0.4 is 0 Å². The maximum Gasteiger partial charge on any atom is 0.233 e. The number of hydrogen-bond acceptors (Lipinski definition) is 6. The fraction of sp³-hybridized carbons (Fsp3) is 0.478. The number of para-hydroxylation sites is 2. The number of thioether (sulfide) groups is 1. The minimum absolute atomic E-state index is 0.0343. The number of thiophene rings is 1. The van der Waals surface area contributed by atoms with Gasteiger partial charge in [-0.2, -0.15) is 0 Å². The first-order valence-electron chi connectivity index (χ1n) is 10.9. The molecular formula is C23H29N3O3S3. The summed E-state index contributed by atoms with van der Waals surface area (Å²) in [5.74, 6) is 0.993. The molecule has 0 unspecified atom stereocenters. The van der Waals surface area contributed by atoms with Crippen LogP contribution in [0.15, 0.2) is 46.9 Å². The van der Waals surface area contributed by atoms with Gasteiger partial charge < -0.3 is 9.47 Å². The zero-order valence-electron chi connectivity index (χ0n) is 18.4. The molecule has 0 saturated carbocycles. The molecule has 2 aromatic heterocycles. The summed E-state index contributed by atoms with van der Waals surface area (Å²) in [4.78, 5) is 20.9. The lowest BCUT2D eigenvalue weighted by Crippen LogP contribution is -2.41. The smallest absolute Gasteiger partial charge is 0.233 e. The van der Waals surface area contributed by atoms with Gasteiger partial charge in [-0.1, -0.05) is 43.8 Å². The molecule has 1 aromatic carbocycles. The maximum absolute atomic E-state index is 13.3. The van der Waals surface area contributed by atoms with Crippen LogP contribution in [0, 0.1) is 5.92 Å². The van der Waals surface area contributed by atoms with Gasteiger partial charge in [0.25, 0.3) is 0 Å². The van der Waals surface area contributed by atoms with E-state index in [9.17, 15) is 13.2 Å². The van der Waals surface area contributed by atoms with Crippen molar-refractivity contribution in [1.29, 1.82) is 0 Å². The molecule has 1 amide bonds. The Balaban J connectivity index is 1.52. The lowest BCUT2D eigenvalue weighted by atomic mass is 10.1. The number of carbonyl (C=O) groups excluding carboxylic acids is 1. The van der Waals surface area contributed by atoms with Gasteiger partial charge in [0.2, 0.25) is 5.91 Å². The van der Waals surface area contributed by atoms with Crippen molar-refractivity contribution in [2.24, 2.45) is 5.92 Å². The Morgan fingerprint density at radius 1 is 1.28 bits per heavy atom. The molecular weight excluding hydrogens is 462 g/mol. The molecule has 1 aliphatic rings. The second-order valence-electron chi connectivity index (χ2n) is 8.66. The van der Waals surface area contributed by atoms with E-state index in [1.807, 2.05) is 35.7 Å². The van der Waals surface area contributed by atoms with Crippen molar-refractivity contribution in [3.05, 3.63) is 46.7 Å². The van der Waals surface area contributed by atoms with Gasteiger partial charge in [-0.15, -0.1) is 11.3 Å². The van der Waals surface area contributed by atoms with Gasteiger partial charge in [0.15, 0.2) is 15.0 Å². The van der Waals surface area contributed by atoms with E-state index in [0.717, 1.165) is 34.0 Å². The minimum Gasteiger partial charge on any atom is -0.333 e. The third-order valence-corrected chi connectivity index (χ3v) is 9.32. The Morgan fingerprint density at radius 3 is 2.78 bits per heavy atom. The standard InChI is InChI=1S/C23H29N3O3S3/c1-17(2)9-11-25-21-8-4-3-7-20(21)24-23(25)31-15-22(27)26(14-19-6-5-12-30-19)18-10-13-32(28,29)16-18/h3-8,12,17-18H,9-11,13-16H2,1-2H3/t18-/m1/s1. The number of carbonyl (C=O) groups is 1. The Hall–Kier alpha value is -1.84. The molecule has 3 aromatic rings. The highest BCUT2D eigenvalue weighted by molar-refractivity contribution is 7.99. The molecule has 0 bridgehead atoms. The highest BCUT2D eigenvalue weighted by Gasteiger charge is 2.35. The van der Waals surface area contributed by atoms with Crippen LogP contribution in [0.1, 0.15) is 31.6 Å². The van der Waals surface area contributed by atoms with E-state index in [-0.39, 0.29) is 29.2 Å². The number of aromatic nitrogens is 2. The normalized spacial score (nSPS) is 17.9. The van der Waals surface area contributed by atoms with E-state index in [0.29, 0.717) is 18.9 Å². The van der Waals surface area contributed by atoms with Crippen molar-refractivity contribution in [3.8, 4) is 0 Å². The summed E-state index contributed by atoms with van der Waals surface area (Å²) in [6.07, 6.45) is 1.54. The molecule has 9 heteroatoms. The molecule has 1 saturated heterocycles. The number of hydrogen-bond donors (Lipinski definition) is 0. The van der Waals surface area contributed by atoms with Crippen molar-refractivity contribution in [1.82, 2.24) is 14.5 Å². The van der Waals surface area contributed by atoms with Gasteiger partial charge >= 0.3 is 0 Å². The summed E-state index contributed by atoms with van der Waals surface area (Å²) < 4.78 is 26.3. The van der Waals surface area contributed by atoms with Gasteiger partial charge in [-0.05, 0) is 42.3 Å². The summed E-state index contributed by atoms with van der Waals surface area (Å²) >= 11 is 3.04. The zero-order valence-corrected chi connectivity index (χ0v) is 20.9. The van der Waals surface area contributed by atoms with Crippen molar-refractivity contribution in [3.63, 3.8) is 0 Å². The van der Waals surface area contributed by atoms with Crippen LogP contribution in [0.2, 0.25) is 0 Å². The molecule has 172 valence electrons. The molecule has 1 atom stereocenters. The van der Waals surface area contributed by atoms with Crippen LogP contribution in [0.4, 0.5) is 0 Å². The molecule has 4 rings (SSSR count). The van der Waals surface area contributed by atoms with E-state index < -0.39 is 9.84 Å². The molecule has 1 fully saturated rings. The van der Waals surface area contributed by atoms with Gasteiger partial charge in [0.1, 0.15) is 0 Å². The zero-order chi connectivity index (χ0) is 22.7. The van der Waals surface area contributed by atoms with Crippen LogP contribution in [0.5, 0.6) is 0 Å². The van der Waals surface area contributed by atoms with Gasteiger partial charge in [0.05, 0.1) is 34.8 Å². The largest absolute Gasteiger partial charge is 0.333 e. The minimum atomic E-state index is -3.07. The number of aryl methyl sites for hydroxylation is 1. The number of fused-ring (bicyclic) bond motifs is 1. The highest BCUT2D eigenvalue weighted by Crippen LogP contribution is 2.27. The first kappa shape index (κ1) is 23.3. The topological polar surface area (TPSA) is 72.3 Å². The Labute approximate surface area is 197 Å². The number of rotatable bonds is 9. The monoisotopic (exact) mass is 491 g/mol. The molecule has 0 radical (unpaired) electrons. The number of nitrogens with zero attached hydrogens (tertiary/aromatic N) is 3. The summed E-state index contributed by atoms with van der Waals surface area (Å²) in [6.45, 7) is 5.72. The first-order chi connectivity index (χ1) is 15.3. The molecule has 32 heavy (non-hydrogen) atoms. The van der Waals surface area contributed by atoms with Gasteiger partial charge in [-0.3, -0.25) is 4.79 Å². The Morgan fingerprint density at radius 2 is 2.09 bits per heavy atom. The summed E-state index contributed by atoms with van der Waals surface area (Å²) in [5.41, 5.74) is 2.02. The van der Waals surface area contributed by atoms with Crippen LogP contribution in [-0.2, 0) is 27.7 Å². The SMILES string of the molecule is CC(C)CCn1c(SCC(=O)N(Cc2cccs2)[C@@H]2CCS(=O)(=O)C2)nc2ccccc21. The molecule has 3 heterocycles. The Bertz CT molecular complexity index is 1170.